The van der Waals surface area contributed by atoms with Gasteiger partial charge in [0.15, 0.2) is 0 Å². The van der Waals surface area contributed by atoms with E-state index in [1.54, 1.807) is 6.20 Å². The molecule has 0 amide bonds. The van der Waals surface area contributed by atoms with Crippen molar-refractivity contribution in [3.8, 4) is 5.88 Å². The van der Waals surface area contributed by atoms with Gasteiger partial charge in [-0.2, -0.15) is 0 Å². The second kappa shape index (κ2) is 6.00. The third-order valence-corrected chi connectivity index (χ3v) is 2.51. The van der Waals surface area contributed by atoms with Crippen LogP contribution >= 0.6 is 0 Å². The Morgan fingerprint density at radius 1 is 1.22 bits per heavy atom. The van der Waals surface area contributed by atoms with Crippen molar-refractivity contribution in [1.82, 2.24) is 9.97 Å². The zero-order chi connectivity index (χ0) is 12.8. The Hall–Kier alpha value is -2.10. The average molecular weight is 243 g/mol. The maximum Gasteiger partial charge on any atom is 0.237 e. The van der Waals surface area contributed by atoms with E-state index in [0.29, 0.717) is 19.0 Å². The highest BCUT2D eigenvalue weighted by Crippen LogP contribution is 2.21. The standard InChI is InChI=1S/C14H17N3O/c1-3-18-14-13(5-4-8-15-14)17-10-12-7-6-11(2)16-9-12/h4-9,17H,3,10H2,1-2H3. The van der Waals surface area contributed by atoms with Gasteiger partial charge < -0.3 is 10.1 Å². The van der Waals surface area contributed by atoms with Crippen LogP contribution in [0.25, 0.3) is 0 Å². The van der Waals surface area contributed by atoms with Crippen LogP contribution < -0.4 is 10.1 Å². The number of hydrogen-bond acceptors (Lipinski definition) is 4. The van der Waals surface area contributed by atoms with Gasteiger partial charge in [0.1, 0.15) is 0 Å². The van der Waals surface area contributed by atoms with Crippen molar-refractivity contribution in [2.75, 3.05) is 11.9 Å². The molecule has 0 spiro atoms. The maximum atomic E-state index is 5.46. The molecule has 0 aliphatic rings. The molecule has 1 N–H and O–H groups in total. The molecule has 2 aromatic heterocycles. The van der Waals surface area contributed by atoms with Gasteiger partial charge in [-0.15, -0.1) is 0 Å². The van der Waals surface area contributed by atoms with Crippen molar-refractivity contribution in [2.45, 2.75) is 20.4 Å². The van der Waals surface area contributed by atoms with Crippen molar-refractivity contribution >= 4 is 5.69 Å². The van der Waals surface area contributed by atoms with E-state index < -0.39 is 0 Å². The summed E-state index contributed by atoms with van der Waals surface area (Å²) in [5.74, 6) is 0.639. The second-order valence-corrected chi connectivity index (χ2v) is 3.95. The number of aryl methyl sites for hydroxylation is 1. The van der Waals surface area contributed by atoms with Gasteiger partial charge >= 0.3 is 0 Å². The fourth-order valence-electron chi connectivity index (χ4n) is 1.58. The molecular weight excluding hydrogens is 226 g/mol. The van der Waals surface area contributed by atoms with Crippen molar-refractivity contribution in [3.05, 3.63) is 47.9 Å². The Labute approximate surface area is 107 Å². The molecule has 2 aromatic rings. The molecule has 0 aliphatic heterocycles. The lowest BCUT2D eigenvalue weighted by Crippen LogP contribution is -2.04. The predicted octanol–water partition coefficient (Wildman–Crippen LogP) is 2.80. The van der Waals surface area contributed by atoms with E-state index >= 15 is 0 Å². The molecule has 2 heterocycles. The molecule has 0 atom stereocenters. The Kier molecular flexibility index (Phi) is 4.12. The molecule has 4 nitrogen and oxygen atoms in total. The minimum atomic E-state index is 0.609. The SMILES string of the molecule is CCOc1ncccc1NCc1ccc(C)nc1. The first-order valence-electron chi connectivity index (χ1n) is 6.03. The predicted molar refractivity (Wildman–Crippen MR) is 71.7 cm³/mol. The number of nitrogens with zero attached hydrogens (tertiary/aromatic N) is 2. The van der Waals surface area contributed by atoms with E-state index in [1.807, 2.05) is 38.2 Å². The molecule has 18 heavy (non-hydrogen) atoms. The summed E-state index contributed by atoms with van der Waals surface area (Å²) < 4.78 is 5.46. The minimum absolute atomic E-state index is 0.609. The molecule has 0 unspecified atom stereocenters. The molecule has 0 fully saturated rings. The number of anilines is 1. The highest BCUT2D eigenvalue weighted by Gasteiger charge is 2.03. The summed E-state index contributed by atoms with van der Waals surface area (Å²) in [5.41, 5.74) is 3.06. The summed E-state index contributed by atoms with van der Waals surface area (Å²) >= 11 is 0. The first kappa shape index (κ1) is 12.4. The van der Waals surface area contributed by atoms with Gasteiger partial charge in [0.2, 0.25) is 5.88 Å². The van der Waals surface area contributed by atoms with Crippen LogP contribution in [0.4, 0.5) is 5.69 Å². The number of rotatable bonds is 5. The van der Waals surface area contributed by atoms with Crippen molar-refractivity contribution in [1.29, 1.82) is 0 Å². The molecular formula is C14H17N3O. The Morgan fingerprint density at radius 2 is 2.11 bits per heavy atom. The van der Waals surface area contributed by atoms with Crippen LogP contribution in [0.2, 0.25) is 0 Å². The Balaban J connectivity index is 2.03. The van der Waals surface area contributed by atoms with E-state index in [9.17, 15) is 0 Å². The van der Waals surface area contributed by atoms with E-state index in [2.05, 4.69) is 21.4 Å². The van der Waals surface area contributed by atoms with Gasteiger partial charge in [-0.3, -0.25) is 4.98 Å². The smallest absolute Gasteiger partial charge is 0.237 e. The summed E-state index contributed by atoms with van der Waals surface area (Å²) in [6.07, 6.45) is 3.60. The summed E-state index contributed by atoms with van der Waals surface area (Å²) in [4.78, 5) is 8.46. The molecule has 2 rings (SSSR count). The number of aromatic nitrogens is 2. The van der Waals surface area contributed by atoms with Crippen LogP contribution in [-0.2, 0) is 6.54 Å². The van der Waals surface area contributed by atoms with E-state index in [1.165, 1.54) is 0 Å². The van der Waals surface area contributed by atoms with Crippen LogP contribution in [0.15, 0.2) is 36.7 Å². The molecule has 0 radical (unpaired) electrons. The van der Waals surface area contributed by atoms with Crippen LogP contribution in [0.5, 0.6) is 5.88 Å². The Morgan fingerprint density at radius 3 is 2.83 bits per heavy atom. The zero-order valence-corrected chi connectivity index (χ0v) is 10.7. The third kappa shape index (κ3) is 3.20. The van der Waals surface area contributed by atoms with Gasteiger partial charge in [-0.05, 0) is 37.6 Å². The lowest BCUT2D eigenvalue weighted by molar-refractivity contribution is 0.328. The van der Waals surface area contributed by atoms with E-state index in [0.717, 1.165) is 16.9 Å². The van der Waals surface area contributed by atoms with E-state index in [4.69, 9.17) is 4.74 Å². The summed E-state index contributed by atoms with van der Waals surface area (Å²) in [5, 5.41) is 3.31. The topological polar surface area (TPSA) is 47.0 Å². The fourth-order valence-corrected chi connectivity index (χ4v) is 1.58. The van der Waals surface area contributed by atoms with Crippen LogP contribution in [-0.4, -0.2) is 16.6 Å². The first-order chi connectivity index (χ1) is 8.79. The first-order valence-corrected chi connectivity index (χ1v) is 6.03. The molecule has 0 bridgehead atoms. The largest absolute Gasteiger partial charge is 0.476 e. The average Bonchev–Trinajstić information content (AvgIpc) is 2.40. The molecule has 0 aromatic carbocycles. The second-order valence-electron chi connectivity index (χ2n) is 3.95. The monoisotopic (exact) mass is 243 g/mol. The van der Waals surface area contributed by atoms with Crippen LogP contribution in [0, 0.1) is 6.92 Å². The molecule has 0 saturated carbocycles. The summed E-state index contributed by atoms with van der Waals surface area (Å²) in [7, 11) is 0. The van der Waals surface area contributed by atoms with Crippen molar-refractivity contribution < 1.29 is 4.74 Å². The molecule has 94 valence electrons. The van der Waals surface area contributed by atoms with Crippen LogP contribution in [0.3, 0.4) is 0 Å². The van der Waals surface area contributed by atoms with Crippen molar-refractivity contribution in [2.24, 2.45) is 0 Å². The number of ether oxygens (including phenoxy) is 1. The zero-order valence-electron chi connectivity index (χ0n) is 10.7. The highest BCUT2D eigenvalue weighted by atomic mass is 16.5. The number of hydrogen-bond donors (Lipinski definition) is 1. The normalized spacial score (nSPS) is 10.1. The lowest BCUT2D eigenvalue weighted by atomic mass is 10.2. The van der Waals surface area contributed by atoms with Gasteiger partial charge in [-0.25, -0.2) is 4.98 Å². The molecule has 0 saturated heterocycles. The van der Waals surface area contributed by atoms with E-state index in [-0.39, 0.29) is 0 Å². The Bertz CT molecular complexity index is 497. The highest BCUT2D eigenvalue weighted by molar-refractivity contribution is 5.52. The summed E-state index contributed by atoms with van der Waals surface area (Å²) in [6, 6.07) is 7.91. The number of pyridine rings is 2. The van der Waals surface area contributed by atoms with Gasteiger partial charge in [-0.1, -0.05) is 6.07 Å². The third-order valence-electron chi connectivity index (χ3n) is 2.51. The quantitative estimate of drug-likeness (QED) is 0.877. The fraction of sp³-hybridized carbons (Fsp3) is 0.286. The van der Waals surface area contributed by atoms with Gasteiger partial charge in [0.25, 0.3) is 0 Å². The van der Waals surface area contributed by atoms with Gasteiger partial charge in [0, 0.05) is 24.6 Å². The minimum Gasteiger partial charge on any atom is -0.476 e. The lowest BCUT2D eigenvalue weighted by Gasteiger charge is -2.10. The molecule has 4 heteroatoms. The number of nitrogens with one attached hydrogen (secondary N) is 1. The van der Waals surface area contributed by atoms with Crippen molar-refractivity contribution in [3.63, 3.8) is 0 Å². The summed E-state index contributed by atoms with van der Waals surface area (Å²) in [6.45, 7) is 5.24. The maximum absolute atomic E-state index is 5.46. The van der Waals surface area contributed by atoms with Crippen LogP contribution in [0.1, 0.15) is 18.2 Å². The molecule has 0 aliphatic carbocycles. The van der Waals surface area contributed by atoms with Gasteiger partial charge in [0.05, 0.1) is 12.3 Å².